The van der Waals surface area contributed by atoms with Crippen LogP contribution in [0.1, 0.15) is 109 Å². The fraction of sp³-hybridized carbons (Fsp3) is 0.552. The average Bonchev–Trinajstić information content (AvgIpc) is 3.49. The van der Waals surface area contributed by atoms with E-state index in [4.69, 9.17) is 13.7 Å². The van der Waals surface area contributed by atoms with E-state index in [1.807, 2.05) is 39.8 Å². The zero-order valence-corrected chi connectivity index (χ0v) is 27.2. The van der Waals surface area contributed by atoms with Crippen LogP contribution in [0.15, 0.2) is 21.8 Å². The molecule has 4 rings (SSSR count). The van der Waals surface area contributed by atoms with E-state index >= 15 is 0 Å². The zero-order valence-electron chi connectivity index (χ0n) is 25.6. The molecule has 1 aliphatic heterocycles. The van der Waals surface area contributed by atoms with Crippen LogP contribution in [0.4, 0.5) is 5.95 Å². The number of rotatable bonds is 10. The van der Waals surface area contributed by atoms with Gasteiger partial charge in [0.25, 0.3) is 5.88 Å². The molecule has 14 heteroatoms. The molecule has 12 nitrogen and oxygen atoms in total. The second kappa shape index (κ2) is 12.7. The van der Waals surface area contributed by atoms with Crippen molar-refractivity contribution in [3.05, 3.63) is 38.5 Å². The van der Waals surface area contributed by atoms with Gasteiger partial charge in [-0.15, -0.1) is 0 Å². The first-order valence-electron chi connectivity index (χ1n) is 14.2. The molecule has 2 aromatic heterocycles. The topological polar surface area (TPSA) is 156 Å². The lowest BCUT2D eigenvalue weighted by atomic mass is 9.89. The number of nitrogens with zero attached hydrogens (tertiary/aromatic N) is 3. The van der Waals surface area contributed by atoms with Crippen molar-refractivity contribution in [2.24, 2.45) is 0 Å². The molecule has 0 spiro atoms. The maximum Gasteiger partial charge on any atom is 0.341 e. The SMILES string of the molecule is CC(=O)Nc1nc(OS(=O)(=O)c2c(C(C)C)cc(C(C)C)cc2C(C)C)c2sc(=O)n([C@H]3CC[C@@H](COC(C)=O)O3)c2n1. The number of hydrogen-bond acceptors (Lipinski definition) is 11. The Hall–Kier alpha value is -3.36. The maximum atomic E-state index is 14.1. The zero-order chi connectivity index (χ0) is 31.8. The normalized spacial score (nSPS) is 17.3. The van der Waals surface area contributed by atoms with Gasteiger partial charge in [0, 0.05) is 13.8 Å². The fourth-order valence-corrected chi connectivity index (χ4v) is 7.47. The molecule has 0 saturated carbocycles. The van der Waals surface area contributed by atoms with Crippen molar-refractivity contribution >= 4 is 49.6 Å². The number of hydrogen-bond donors (Lipinski definition) is 1. The molecule has 1 amide bonds. The summed E-state index contributed by atoms with van der Waals surface area (Å²) in [6, 6.07) is 3.79. The summed E-state index contributed by atoms with van der Waals surface area (Å²) in [5.41, 5.74) is 2.31. The molecule has 234 valence electrons. The maximum absolute atomic E-state index is 14.1. The molecular weight excluding hydrogens is 596 g/mol. The van der Waals surface area contributed by atoms with Gasteiger partial charge in [0.1, 0.15) is 22.4 Å². The Balaban J connectivity index is 1.85. The summed E-state index contributed by atoms with van der Waals surface area (Å²) < 4.78 is 46.4. The lowest BCUT2D eigenvalue weighted by Gasteiger charge is -2.22. The Bertz CT molecular complexity index is 1680. The Morgan fingerprint density at radius 1 is 1.05 bits per heavy atom. The molecule has 0 aliphatic carbocycles. The molecule has 1 saturated heterocycles. The first-order valence-corrected chi connectivity index (χ1v) is 16.4. The highest BCUT2D eigenvalue weighted by atomic mass is 32.2. The summed E-state index contributed by atoms with van der Waals surface area (Å²) in [7, 11) is -4.48. The Morgan fingerprint density at radius 2 is 1.67 bits per heavy atom. The van der Waals surface area contributed by atoms with E-state index in [1.165, 1.54) is 18.4 Å². The molecule has 3 heterocycles. The van der Waals surface area contributed by atoms with Crippen LogP contribution in [-0.4, -0.2) is 47.5 Å². The van der Waals surface area contributed by atoms with Crippen molar-refractivity contribution in [3.8, 4) is 5.88 Å². The highest BCUT2D eigenvalue weighted by Crippen LogP contribution is 2.39. The van der Waals surface area contributed by atoms with Gasteiger partial charge in [0.2, 0.25) is 11.9 Å². The summed E-state index contributed by atoms with van der Waals surface area (Å²) in [6.07, 6.45) is -0.245. The van der Waals surface area contributed by atoms with Gasteiger partial charge in [0.15, 0.2) is 5.65 Å². The van der Waals surface area contributed by atoms with Crippen molar-refractivity contribution in [1.82, 2.24) is 14.5 Å². The number of thiazole rings is 1. The van der Waals surface area contributed by atoms with Gasteiger partial charge in [-0.25, -0.2) is 0 Å². The highest BCUT2D eigenvalue weighted by Gasteiger charge is 2.34. The molecule has 1 N–H and O–H groups in total. The van der Waals surface area contributed by atoms with Crippen LogP contribution < -0.4 is 14.4 Å². The van der Waals surface area contributed by atoms with E-state index in [0.29, 0.717) is 24.0 Å². The number of esters is 1. The Labute approximate surface area is 254 Å². The predicted octanol–water partition coefficient (Wildman–Crippen LogP) is 5.19. The first kappa shape index (κ1) is 32.6. The molecule has 0 radical (unpaired) electrons. The quantitative estimate of drug-likeness (QED) is 0.233. The number of carbonyl (C=O) groups is 2. The van der Waals surface area contributed by atoms with E-state index in [0.717, 1.165) is 16.9 Å². The third-order valence-electron chi connectivity index (χ3n) is 7.08. The smallest absolute Gasteiger partial charge is 0.341 e. The Morgan fingerprint density at radius 3 is 2.21 bits per heavy atom. The number of fused-ring (bicyclic) bond motifs is 1. The van der Waals surface area contributed by atoms with Crippen LogP contribution in [0.2, 0.25) is 0 Å². The third-order valence-corrected chi connectivity index (χ3v) is 9.36. The number of aromatic nitrogens is 3. The number of benzene rings is 1. The predicted molar refractivity (Wildman–Crippen MR) is 162 cm³/mol. The molecular formula is C29H38N4O8S2. The lowest BCUT2D eigenvalue weighted by Crippen LogP contribution is -2.23. The minimum Gasteiger partial charge on any atom is -0.463 e. The van der Waals surface area contributed by atoms with E-state index in [1.54, 1.807) is 0 Å². The van der Waals surface area contributed by atoms with Crippen LogP contribution >= 0.6 is 11.3 Å². The van der Waals surface area contributed by atoms with E-state index in [-0.39, 0.29) is 51.4 Å². The van der Waals surface area contributed by atoms with Gasteiger partial charge in [-0.3, -0.25) is 24.3 Å². The lowest BCUT2D eigenvalue weighted by molar-refractivity contribution is -0.145. The van der Waals surface area contributed by atoms with Crippen LogP contribution in [0, 0.1) is 0 Å². The number of nitrogens with one attached hydrogen (secondary N) is 1. The van der Waals surface area contributed by atoms with Crippen molar-refractivity contribution in [2.45, 2.75) is 103 Å². The fourth-order valence-electron chi connectivity index (χ4n) is 4.95. The van der Waals surface area contributed by atoms with E-state index < -0.39 is 39.2 Å². The minimum absolute atomic E-state index is 0.0351. The molecule has 1 aliphatic rings. The molecule has 0 unspecified atom stereocenters. The Kier molecular flexibility index (Phi) is 9.62. The summed E-state index contributed by atoms with van der Waals surface area (Å²) in [5, 5.41) is 2.47. The summed E-state index contributed by atoms with van der Waals surface area (Å²) in [4.78, 5) is 44.6. The largest absolute Gasteiger partial charge is 0.463 e. The minimum atomic E-state index is -4.48. The van der Waals surface area contributed by atoms with Crippen molar-refractivity contribution in [2.75, 3.05) is 11.9 Å². The second-order valence-corrected chi connectivity index (χ2v) is 14.0. The summed E-state index contributed by atoms with van der Waals surface area (Å²) in [6.45, 7) is 14.4. The second-order valence-electron chi connectivity index (χ2n) is 11.5. The van der Waals surface area contributed by atoms with Gasteiger partial charge >= 0.3 is 21.0 Å². The molecule has 43 heavy (non-hydrogen) atoms. The van der Waals surface area contributed by atoms with Crippen molar-refractivity contribution < 1.29 is 31.7 Å². The van der Waals surface area contributed by atoms with Crippen LogP contribution in [0.3, 0.4) is 0 Å². The van der Waals surface area contributed by atoms with Gasteiger partial charge in [0.05, 0.1) is 6.10 Å². The van der Waals surface area contributed by atoms with Crippen LogP contribution in [-0.2, 0) is 29.2 Å². The monoisotopic (exact) mass is 634 g/mol. The first-order chi connectivity index (χ1) is 20.1. The van der Waals surface area contributed by atoms with Crippen molar-refractivity contribution in [3.63, 3.8) is 0 Å². The van der Waals surface area contributed by atoms with Gasteiger partial charge in [-0.2, -0.15) is 18.4 Å². The highest BCUT2D eigenvalue weighted by molar-refractivity contribution is 7.87. The standard InChI is InChI=1S/C29H38N4O8S2/c1-14(2)19-11-21(15(3)4)25(22(12-19)16(5)6)43(37,38)41-27-24-26(31-28(32-27)30-17(7)34)33(29(36)42-24)23-10-9-20(40-23)13-39-18(8)35/h11-12,14-16,20,23H,9-10,13H2,1-8H3,(H,30,31,32,34)/t20-,23+/m0/s1. The molecule has 2 atom stereocenters. The van der Waals surface area contributed by atoms with Gasteiger partial charge in [-0.05, 0) is 47.3 Å². The number of ether oxygens (including phenoxy) is 2. The van der Waals surface area contributed by atoms with Crippen molar-refractivity contribution in [1.29, 1.82) is 0 Å². The number of amides is 1. The summed E-state index contributed by atoms with van der Waals surface area (Å²) >= 11 is 0.717. The molecule has 0 bridgehead atoms. The van der Waals surface area contributed by atoms with Gasteiger partial charge < -0.3 is 13.7 Å². The van der Waals surface area contributed by atoms with Crippen LogP contribution in [0.5, 0.6) is 5.88 Å². The third kappa shape index (κ3) is 7.07. The van der Waals surface area contributed by atoms with E-state index in [2.05, 4.69) is 29.1 Å². The average molecular weight is 635 g/mol. The van der Waals surface area contributed by atoms with Crippen LogP contribution in [0.25, 0.3) is 10.3 Å². The number of carbonyl (C=O) groups excluding carboxylic acids is 2. The van der Waals surface area contributed by atoms with Gasteiger partial charge in [-0.1, -0.05) is 65.0 Å². The molecule has 1 aromatic carbocycles. The van der Waals surface area contributed by atoms with E-state index in [9.17, 15) is 22.8 Å². The molecule has 3 aromatic rings. The number of anilines is 1. The summed E-state index contributed by atoms with van der Waals surface area (Å²) in [5.74, 6) is -1.64. The molecule has 1 fully saturated rings.